The molecule has 2 N–H and O–H groups in total. The quantitative estimate of drug-likeness (QED) is 0.0976. The number of aliphatic hydroxyl groups is 2. The van der Waals surface area contributed by atoms with E-state index in [2.05, 4.69) is 13.8 Å². The Hall–Kier alpha value is -0.0800. The molecule has 0 amide bonds. The number of rotatable bonds is 28. The maximum Gasteiger partial charge on any atom is 0.0431 e. The SMILES string of the molecule is CCCCCCCCC1C(CCCCCC)CCC(CCCCCCCO)C1CCCCCCCCCO. The lowest BCUT2D eigenvalue weighted by Crippen LogP contribution is -2.35. The van der Waals surface area contributed by atoms with E-state index in [4.69, 9.17) is 10.2 Å². The fourth-order valence-corrected chi connectivity index (χ4v) is 7.59. The van der Waals surface area contributed by atoms with Gasteiger partial charge in [-0.2, -0.15) is 0 Å². The zero-order valence-electron chi connectivity index (χ0n) is 26.4. The molecule has 38 heavy (non-hydrogen) atoms. The van der Waals surface area contributed by atoms with E-state index in [1.54, 1.807) is 0 Å². The molecule has 4 unspecified atom stereocenters. The van der Waals surface area contributed by atoms with E-state index in [0.717, 1.165) is 36.5 Å². The van der Waals surface area contributed by atoms with Gasteiger partial charge in [0, 0.05) is 13.2 Å². The van der Waals surface area contributed by atoms with Crippen molar-refractivity contribution >= 4 is 0 Å². The Morgan fingerprint density at radius 1 is 0.368 bits per heavy atom. The topological polar surface area (TPSA) is 40.5 Å². The number of hydrogen-bond donors (Lipinski definition) is 2. The maximum atomic E-state index is 9.10. The zero-order chi connectivity index (χ0) is 27.5. The van der Waals surface area contributed by atoms with E-state index < -0.39 is 0 Å². The molecule has 1 rings (SSSR count). The third-order valence-electron chi connectivity index (χ3n) is 9.92. The Morgan fingerprint density at radius 2 is 0.658 bits per heavy atom. The van der Waals surface area contributed by atoms with Crippen LogP contribution in [0.25, 0.3) is 0 Å². The lowest BCUT2D eigenvalue weighted by Gasteiger charge is -2.44. The van der Waals surface area contributed by atoms with Crippen LogP contribution in [0, 0.1) is 23.7 Å². The summed E-state index contributed by atoms with van der Waals surface area (Å²) >= 11 is 0. The molecule has 228 valence electrons. The number of aliphatic hydroxyl groups excluding tert-OH is 2. The minimum Gasteiger partial charge on any atom is -0.396 e. The van der Waals surface area contributed by atoms with E-state index in [0.29, 0.717) is 13.2 Å². The molecule has 1 aliphatic rings. The molecule has 4 atom stereocenters. The predicted molar refractivity (Wildman–Crippen MR) is 169 cm³/mol. The van der Waals surface area contributed by atoms with Crippen LogP contribution in [0.5, 0.6) is 0 Å². The monoisotopic (exact) mass is 537 g/mol. The summed E-state index contributed by atoms with van der Waals surface area (Å²) in [4.78, 5) is 0. The first-order valence-corrected chi connectivity index (χ1v) is 18.0. The summed E-state index contributed by atoms with van der Waals surface area (Å²) in [5.41, 5.74) is 0. The molecule has 0 aromatic carbocycles. The summed E-state index contributed by atoms with van der Waals surface area (Å²) in [6.45, 7) is 5.41. The molecule has 0 spiro atoms. The first-order valence-electron chi connectivity index (χ1n) is 18.0. The van der Waals surface area contributed by atoms with E-state index in [9.17, 15) is 0 Å². The van der Waals surface area contributed by atoms with Gasteiger partial charge >= 0.3 is 0 Å². The second kappa shape index (κ2) is 27.1. The highest BCUT2D eigenvalue weighted by Gasteiger charge is 2.37. The highest BCUT2D eigenvalue weighted by Crippen LogP contribution is 2.47. The Balaban J connectivity index is 2.69. The molecule has 0 aromatic rings. The van der Waals surface area contributed by atoms with E-state index >= 15 is 0 Å². The summed E-state index contributed by atoms with van der Waals surface area (Å²) in [5.74, 6) is 3.98. The van der Waals surface area contributed by atoms with Crippen LogP contribution in [-0.2, 0) is 0 Å². The van der Waals surface area contributed by atoms with Crippen LogP contribution >= 0.6 is 0 Å². The van der Waals surface area contributed by atoms with Gasteiger partial charge in [0.25, 0.3) is 0 Å². The fraction of sp³-hybridized carbons (Fsp3) is 1.00. The zero-order valence-corrected chi connectivity index (χ0v) is 26.4. The van der Waals surface area contributed by atoms with Gasteiger partial charge in [0.05, 0.1) is 0 Å². The van der Waals surface area contributed by atoms with Crippen LogP contribution in [0.2, 0.25) is 0 Å². The summed E-state index contributed by atoms with van der Waals surface area (Å²) in [5, 5.41) is 18.1. The molecular weight excluding hydrogens is 464 g/mol. The summed E-state index contributed by atoms with van der Waals surface area (Å²) in [6, 6.07) is 0. The van der Waals surface area contributed by atoms with Gasteiger partial charge in [-0.3, -0.25) is 0 Å². The van der Waals surface area contributed by atoms with Crippen molar-refractivity contribution in [3.63, 3.8) is 0 Å². The van der Waals surface area contributed by atoms with E-state index in [-0.39, 0.29) is 0 Å². The Morgan fingerprint density at radius 3 is 1.03 bits per heavy atom. The lowest BCUT2D eigenvalue weighted by atomic mass is 9.61. The van der Waals surface area contributed by atoms with Crippen LogP contribution in [0.15, 0.2) is 0 Å². The lowest BCUT2D eigenvalue weighted by molar-refractivity contribution is 0.0581. The van der Waals surface area contributed by atoms with Crippen molar-refractivity contribution < 1.29 is 10.2 Å². The van der Waals surface area contributed by atoms with Crippen LogP contribution in [-0.4, -0.2) is 23.4 Å². The van der Waals surface area contributed by atoms with E-state index in [1.807, 2.05) is 0 Å². The van der Waals surface area contributed by atoms with Crippen LogP contribution in [0.1, 0.15) is 194 Å². The van der Waals surface area contributed by atoms with Crippen LogP contribution < -0.4 is 0 Å². The highest BCUT2D eigenvalue weighted by molar-refractivity contribution is 4.88. The molecule has 1 fully saturated rings. The van der Waals surface area contributed by atoms with Crippen molar-refractivity contribution in [2.75, 3.05) is 13.2 Å². The van der Waals surface area contributed by atoms with Crippen molar-refractivity contribution in [1.82, 2.24) is 0 Å². The molecule has 0 radical (unpaired) electrons. The van der Waals surface area contributed by atoms with Gasteiger partial charge in [-0.25, -0.2) is 0 Å². The Bertz CT molecular complexity index is 464. The summed E-state index contributed by atoms with van der Waals surface area (Å²) < 4.78 is 0. The molecule has 2 heteroatoms. The van der Waals surface area contributed by atoms with Gasteiger partial charge < -0.3 is 10.2 Å². The average Bonchev–Trinajstić information content (AvgIpc) is 2.93. The fourth-order valence-electron chi connectivity index (χ4n) is 7.59. The van der Waals surface area contributed by atoms with Crippen molar-refractivity contribution in [2.24, 2.45) is 23.7 Å². The molecule has 1 aliphatic carbocycles. The molecule has 0 aromatic heterocycles. The van der Waals surface area contributed by atoms with Gasteiger partial charge in [0.2, 0.25) is 0 Å². The van der Waals surface area contributed by atoms with Crippen molar-refractivity contribution in [3.05, 3.63) is 0 Å². The largest absolute Gasteiger partial charge is 0.396 e. The molecule has 0 saturated heterocycles. The molecule has 1 saturated carbocycles. The predicted octanol–water partition coefficient (Wildman–Crippen LogP) is 11.4. The van der Waals surface area contributed by atoms with Crippen molar-refractivity contribution in [3.8, 4) is 0 Å². The normalized spacial score (nSPS) is 21.8. The van der Waals surface area contributed by atoms with Crippen molar-refractivity contribution in [1.29, 1.82) is 0 Å². The first-order chi connectivity index (χ1) is 18.8. The van der Waals surface area contributed by atoms with Gasteiger partial charge in [-0.1, -0.05) is 155 Å². The van der Waals surface area contributed by atoms with Gasteiger partial charge in [-0.15, -0.1) is 0 Å². The van der Waals surface area contributed by atoms with Crippen LogP contribution in [0.4, 0.5) is 0 Å². The van der Waals surface area contributed by atoms with Gasteiger partial charge in [-0.05, 0) is 62.2 Å². The third-order valence-corrected chi connectivity index (χ3v) is 9.92. The second-order valence-corrected chi connectivity index (χ2v) is 13.1. The smallest absolute Gasteiger partial charge is 0.0431 e. The van der Waals surface area contributed by atoms with Crippen LogP contribution in [0.3, 0.4) is 0 Å². The summed E-state index contributed by atoms with van der Waals surface area (Å²) in [6.07, 6.45) is 38.8. The van der Waals surface area contributed by atoms with E-state index in [1.165, 1.54) is 167 Å². The molecule has 0 bridgehead atoms. The molecule has 2 nitrogen and oxygen atoms in total. The summed E-state index contributed by atoms with van der Waals surface area (Å²) in [7, 11) is 0. The highest BCUT2D eigenvalue weighted by atomic mass is 16.3. The van der Waals surface area contributed by atoms with Gasteiger partial charge in [0.15, 0.2) is 0 Å². The van der Waals surface area contributed by atoms with Crippen molar-refractivity contribution in [2.45, 2.75) is 194 Å². The number of unbranched alkanes of at least 4 members (excludes halogenated alkanes) is 18. The molecule has 0 aliphatic heterocycles. The average molecular weight is 537 g/mol. The second-order valence-electron chi connectivity index (χ2n) is 13.1. The standard InChI is InChI=1S/C36H72O2/c1-3-5-7-9-15-21-27-35-33(25-19-8-6-4-2)29-30-34(26-20-14-13-18-24-32-38)36(35)28-22-16-11-10-12-17-23-31-37/h33-38H,3-32H2,1-2H3. The molecular formula is C36H72O2. The number of hydrogen-bond acceptors (Lipinski definition) is 2. The maximum absolute atomic E-state index is 9.10. The minimum absolute atomic E-state index is 0.365. The molecule has 0 heterocycles. The minimum atomic E-state index is 0.365. The Labute approximate surface area is 240 Å². The Kier molecular flexibility index (Phi) is 25.6. The van der Waals surface area contributed by atoms with Gasteiger partial charge in [0.1, 0.15) is 0 Å². The first kappa shape index (κ1) is 35.9. The third kappa shape index (κ3) is 18.3.